The Morgan fingerprint density at radius 3 is 2.90 bits per heavy atom. The molecule has 1 aliphatic heterocycles. The molecule has 1 heterocycles. The van der Waals surface area contributed by atoms with Crippen LogP contribution in [-0.2, 0) is 4.79 Å². The van der Waals surface area contributed by atoms with Crippen LogP contribution in [0.3, 0.4) is 0 Å². The fourth-order valence-electron chi connectivity index (χ4n) is 1.95. The van der Waals surface area contributed by atoms with E-state index in [9.17, 15) is 9.90 Å². The van der Waals surface area contributed by atoms with Crippen LogP contribution in [0.5, 0.6) is 11.5 Å². The van der Waals surface area contributed by atoms with Gasteiger partial charge in [0.15, 0.2) is 11.5 Å². The van der Waals surface area contributed by atoms with Gasteiger partial charge in [-0.15, -0.1) is 0 Å². The van der Waals surface area contributed by atoms with Crippen molar-refractivity contribution in [1.29, 1.82) is 0 Å². The third-order valence-electron chi connectivity index (χ3n) is 3.29. The van der Waals surface area contributed by atoms with Crippen molar-refractivity contribution in [2.45, 2.75) is 25.0 Å². The Morgan fingerprint density at radius 2 is 2.19 bits per heavy atom. The van der Waals surface area contributed by atoms with Crippen molar-refractivity contribution in [3.63, 3.8) is 0 Å². The third-order valence-corrected chi connectivity index (χ3v) is 3.90. The summed E-state index contributed by atoms with van der Waals surface area (Å²) in [6.45, 7) is 2.10. The van der Waals surface area contributed by atoms with Gasteiger partial charge in [-0.25, -0.2) is 0 Å². The third kappa shape index (κ3) is 4.54. The van der Waals surface area contributed by atoms with E-state index < -0.39 is 11.7 Å². The molecule has 21 heavy (non-hydrogen) atoms. The van der Waals surface area contributed by atoms with E-state index in [0.717, 1.165) is 5.75 Å². The summed E-state index contributed by atoms with van der Waals surface area (Å²) in [5.74, 6) is 1.79. The lowest BCUT2D eigenvalue weighted by Gasteiger charge is -2.28. The molecule has 0 spiro atoms. The zero-order valence-corrected chi connectivity index (χ0v) is 13.1. The van der Waals surface area contributed by atoms with Crippen molar-refractivity contribution in [3.8, 4) is 11.5 Å². The van der Waals surface area contributed by atoms with Crippen LogP contribution in [0, 0.1) is 0 Å². The highest BCUT2D eigenvalue weighted by molar-refractivity contribution is 7.98. The molecule has 116 valence electrons. The highest BCUT2D eigenvalue weighted by Crippen LogP contribution is 2.30. The molecule has 0 radical (unpaired) electrons. The second kappa shape index (κ2) is 7.04. The van der Waals surface area contributed by atoms with Crippen LogP contribution in [0.4, 0.5) is 0 Å². The van der Waals surface area contributed by atoms with Crippen LogP contribution >= 0.6 is 11.8 Å². The normalized spacial score (nSPS) is 19.7. The number of hydrogen-bond acceptors (Lipinski definition) is 5. The van der Waals surface area contributed by atoms with Gasteiger partial charge < -0.3 is 19.9 Å². The second-order valence-corrected chi connectivity index (χ2v) is 6.31. The lowest BCUT2D eigenvalue weighted by atomic mass is 10.0. The average Bonchev–Trinajstić information content (AvgIpc) is 2.50. The number of hydrogen-bond donors (Lipinski definition) is 2. The summed E-state index contributed by atoms with van der Waals surface area (Å²) in [5, 5.41) is 12.9. The Balaban J connectivity index is 1.85. The summed E-state index contributed by atoms with van der Waals surface area (Å²) in [4.78, 5) is 12.1. The minimum atomic E-state index is -0.911. The SMILES string of the molecule is CSCC[C@](C)(O)CNC(=O)[C@H]1COc2ccccc2O1. The molecule has 0 bridgehead atoms. The maximum Gasteiger partial charge on any atom is 0.264 e. The lowest BCUT2D eigenvalue weighted by molar-refractivity contribution is -0.131. The molecule has 0 fully saturated rings. The number of carbonyl (C=O) groups excluding carboxylic acids is 1. The number of carbonyl (C=O) groups is 1. The fraction of sp³-hybridized carbons (Fsp3) is 0.533. The van der Waals surface area contributed by atoms with Gasteiger partial charge in [-0.2, -0.15) is 11.8 Å². The number of benzene rings is 1. The van der Waals surface area contributed by atoms with E-state index in [-0.39, 0.29) is 19.1 Å². The zero-order chi connectivity index (χ0) is 15.3. The monoisotopic (exact) mass is 311 g/mol. The first-order valence-corrected chi connectivity index (χ1v) is 8.29. The van der Waals surface area contributed by atoms with Crippen molar-refractivity contribution in [2.75, 3.05) is 25.2 Å². The quantitative estimate of drug-likeness (QED) is 0.832. The first-order valence-electron chi connectivity index (χ1n) is 6.89. The minimum Gasteiger partial charge on any atom is -0.485 e. The van der Waals surface area contributed by atoms with E-state index in [1.54, 1.807) is 30.8 Å². The highest BCUT2D eigenvalue weighted by atomic mass is 32.2. The smallest absolute Gasteiger partial charge is 0.264 e. The van der Waals surface area contributed by atoms with Crippen LogP contribution in [-0.4, -0.2) is 47.9 Å². The minimum absolute atomic E-state index is 0.176. The molecular formula is C15H21NO4S. The van der Waals surface area contributed by atoms with Gasteiger partial charge in [0.1, 0.15) is 6.61 Å². The number of fused-ring (bicyclic) bond motifs is 1. The molecular weight excluding hydrogens is 290 g/mol. The zero-order valence-electron chi connectivity index (χ0n) is 12.3. The van der Waals surface area contributed by atoms with Gasteiger partial charge in [0.25, 0.3) is 5.91 Å². The predicted octanol–water partition coefficient (Wildman–Crippen LogP) is 1.45. The van der Waals surface area contributed by atoms with Gasteiger partial charge >= 0.3 is 0 Å². The summed E-state index contributed by atoms with van der Waals surface area (Å²) in [6, 6.07) is 7.25. The molecule has 1 aliphatic rings. The van der Waals surface area contributed by atoms with Crippen molar-refractivity contribution >= 4 is 17.7 Å². The lowest BCUT2D eigenvalue weighted by Crippen LogP contribution is -2.48. The summed E-state index contributed by atoms with van der Waals surface area (Å²) in [7, 11) is 0. The largest absolute Gasteiger partial charge is 0.485 e. The van der Waals surface area contributed by atoms with E-state index >= 15 is 0 Å². The number of thioether (sulfide) groups is 1. The molecule has 0 aromatic heterocycles. The summed E-state index contributed by atoms with van der Waals surface area (Å²) in [5.41, 5.74) is -0.911. The Kier molecular flexibility index (Phi) is 5.36. The van der Waals surface area contributed by atoms with Gasteiger partial charge in [-0.05, 0) is 37.5 Å². The molecule has 2 N–H and O–H groups in total. The van der Waals surface area contributed by atoms with Gasteiger partial charge in [-0.3, -0.25) is 4.79 Å². The number of rotatable bonds is 6. The van der Waals surface area contributed by atoms with Gasteiger partial charge in [0.2, 0.25) is 6.10 Å². The van der Waals surface area contributed by atoms with Crippen LogP contribution < -0.4 is 14.8 Å². The van der Waals surface area contributed by atoms with E-state index in [1.807, 2.05) is 18.4 Å². The molecule has 0 saturated carbocycles. The number of para-hydroxylation sites is 2. The van der Waals surface area contributed by atoms with Crippen LogP contribution in [0.15, 0.2) is 24.3 Å². The van der Waals surface area contributed by atoms with Crippen LogP contribution in [0.2, 0.25) is 0 Å². The van der Waals surface area contributed by atoms with E-state index in [0.29, 0.717) is 17.9 Å². The molecule has 5 nitrogen and oxygen atoms in total. The average molecular weight is 311 g/mol. The maximum absolute atomic E-state index is 12.1. The van der Waals surface area contributed by atoms with E-state index in [2.05, 4.69) is 5.32 Å². The molecule has 0 aliphatic carbocycles. The first kappa shape index (κ1) is 16.0. The van der Waals surface area contributed by atoms with Crippen molar-refractivity contribution in [1.82, 2.24) is 5.32 Å². The van der Waals surface area contributed by atoms with Crippen molar-refractivity contribution in [2.24, 2.45) is 0 Å². The molecule has 0 unspecified atom stereocenters. The Labute approximate surface area is 129 Å². The Bertz CT molecular complexity index is 492. The summed E-state index contributed by atoms with van der Waals surface area (Å²) < 4.78 is 11.1. The number of amides is 1. The van der Waals surface area contributed by atoms with Crippen LogP contribution in [0.25, 0.3) is 0 Å². The maximum atomic E-state index is 12.1. The number of aliphatic hydroxyl groups is 1. The topological polar surface area (TPSA) is 67.8 Å². The molecule has 2 rings (SSSR count). The molecule has 1 aromatic rings. The Hall–Kier alpha value is -1.40. The standard InChI is InChI=1S/C15H21NO4S/c1-15(18,7-8-21-2)10-16-14(17)13-9-19-11-5-3-4-6-12(11)20-13/h3-6,13,18H,7-10H2,1-2H3,(H,16,17)/t13-,15+/m1/s1. The molecule has 0 saturated heterocycles. The van der Waals surface area contributed by atoms with Crippen LogP contribution in [0.1, 0.15) is 13.3 Å². The van der Waals surface area contributed by atoms with E-state index in [1.165, 1.54) is 0 Å². The van der Waals surface area contributed by atoms with E-state index in [4.69, 9.17) is 9.47 Å². The summed E-state index contributed by atoms with van der Waals surface area (Å²) in [6.07, 6.45) is 1.93. The molecule has 2 atom stereocenters. The molecule has 6 heteroatoms. The predicted molar refractivity (Wildman–Crippen MR) is 83.0 cm³/mol. The number of nitrogens with one attached hydrogen (secondary N) is 1. The second-order valence-electron chi connectivity index (χ2n) is 5.32. The number of ether oxygens (including phenoxy) is 2. The van der Waals surface area contributed by atoms with Gasteiger partial charge in [0.05, 0.1) is 5.60 Å². The molecule has 1 aromatic carbocycles. The first-order chi connectivity index (χ1) is 10.0. The fourth-order valence-corrected chi connectivity index (χ4v) is 2.59. The van der Waals surface area contributed by atoms with Gasteiger partial charge in [0, 0.05) is 6.54 Å². The Morgan fingerprint density at radius 1 is 1.48 bits per heavy atom. The van der Waals surface area contributed by atoms with Gasteiger partial charge in [-0.1, -0.05) is 12.1 Å². The molecule has 1 amide bonds. The summed E-state index contributed by atoms with van der Waals surface area (Å²) >= 11 is 1.67. The highest BCUT2D eigenvalue weighted by Gasteiger charge is 2.29. The van der Waals surface area contributed by atoms with Crippen molar-refractivity contribution in [3.05, 3.63) is 24.3 Å². The van der Waals surface area contributed by atoms with Crippen molar-refractivity contribution < 1.29 is 19.4 Å².